The van der Waals surface area contributed by atoms with Crippen LogP contribution in [0.5, 0.6) is 0 Å². The molecule has 15 heavy (non-hydrogen) atoms. The smallest absolute Gasteiger partial charge is 0.289 e. The van der Waals surface area contributed by atoms with E-state index in [1.165, 1.54) is 11.8 Å². The summed E-state index contributed by atoms with van der Waals surface area (Å²) in [5.74, 6) is 1.31. The summed E-state index contributed by atoms with van der Waals surface area (Å²) in [6.07, 6.45) is 4.48. The number of piperidine rings is 1. The van der Waals surface area contributed by atoms with Crippen molar-refractivity contribution in [3.05, 3.63) is 11.0 Å². The number of carbonyl (C=O) groups excluding carboxylic acids is 1. The van der Waals surface area contributed by atoms with Gasteiger partial charge in [-0.3, -0.25) is 9.79 Å². The van der Waals surface area contributed by atoms with Crippen molar-refractivity contribution in [3.63, 3.8) is 0 Å². The Kier molecular flexibility index (Phi) is 3.43. The van der Waals surface area contributed by atoms with Gasteiger partial charge < -0.3 is 10.6 Å². The molecule has 0 aromatic rings. The summed E-state index contributed by atoms with van der Waals surface area (Å²) in [6.45, 7) is 2.14. The van der Waals surface area contributed by atoms with Gasteiger partial charge in [-0.2, -0.15) is 0 Å². The third-order valence-electron chi connectivity index (χ3n) is 2.65. The van der Waals surface area contributed by atoms with Crippen molar-refractivity contribution in [1.29, 1.82) is 0 Å². The van der Waals surface area contributed by atoms with E-state index in [0.29, 0.717) is 5.92 Å². The highest BCUT2D eigenvalue weighted by Crippen LogP contribution is 2.27. The molecule has 0 aromatic carbocycles. The Labute approximate surface area is 93.6 Å². The second-order valence-corrected chi connectivity index (χ2v) is 4.72. The molecule has 2 N–H and O–H groups in total. The van der Waals surface area contributed by atoms with Crippen LogP contribution in [0.4, 0.5) is 4.79 Å². The van der Waals surface area contributed by atoms with Crippen LogP contribution in [0.25, 0.3) is 0 Å². The van der Waals surface area contributed by atoms with E-state index in [0.717, 1.165) is 36.7 Å². The Morgan fingerprint density at radius 2 is 2.20 bits per heavy atom. The average molecular weight is 225 g/mol. The van der Waals surface area contributed by atoms with Crippen molar-refractivity contribution in [1.82, 2.24) is 10.6 Å². The van der Waals surface area contributed by atoms with Gasteiger partial charge in [0.2, 0.25) is 0 Å². The van der Waals surface area contributed by atoms with Crippen molar-refractivity contribution in [2.24, 2.45) is 10.9 Å². The predicted molar refractivity (Wildman–Crippen MR) is 63.2 cm³/mol. The van der Waals surface area contributed by atoms with Crippen molar-refractivity contribution >= 4 is 22.8 Å². The van der Waals surface area contributed by atoms with E-state index >= 15 is 0 Å². The molecule has 5 heteroatoms. The van der Waals surface area contributed by atoms with Gasteiger partial charge in [0.1, 0.15) is 5.84 Å². The van der Waals surface area contributed by atoms with Gasteiger partial charge in [-0.25, -0.2) is 0 Å². The molecule has 2 aliphatic rings. The number of carbonyl (C=O) groups is 1. The van der Waals surface area contributed by atoms with Gasteiger partial charge >= 0.3 is 0 Å². The van der Waals surface area contributed by atoms with Crippen LogP contribution in [0.2, 0.25) is 0 Å². The highest BCUT2D eigenvalue weighted by Gasteiger charge is 2.24. The topological polar surface area (TPSA) is 53.5 Å². The van der Waals surface area contributed by atoms with Crippen molar-refractivity contribution in [3.8, 4) is 0 Å². The molecule has 0 saturated carbocycles. The lowest BCUT2D eigenvalue weighted by molar-refractivity contribution is 0.265. The van der Waals surface area contributed by atoms with Crippen LogP contribution in [0.15, 0.2) is 16.0 Å². The normalized spacial score (nSPS) is 28.7. The lowest BCUT2D eigenvalue weighted by Gasteiger charge is -2.19. The molecule has 1 amide bonds. The fourth-order valence-corrected chi connectivity index (χ4v) is 2.68. The molecule has 2 heterocycles. The zero-order valence-electron chi connectivity index (χ0n) is 8.75. The molecule has 0 radical (unpaired) electrons. The molecule has 82 valence electrons. The highest BCUT2D eigenvalue weighted by atomic mass is 32.2. The zero-order chi connectivity index (χ0) is 10.7. The van der Waals surface area contributed by atoms with E-state index in [1.807, 2.05) is 0 Å². The number of amides is 1. The van der Waals surface area contributed by atoms with E-state index in [4.69, 9.17) is 0 Å². The van der Waals surface area contributed by atoms with E-state index in [1.54, 1.807) is 7.05 Å². The number of nitrogens with zero attached hydrogens (tertiary/aromatic N) is 1. The van der Waals surface area contributed by atoms with Crippen LogP contribution in [-0.4, -0.2) is 31.2 Å². The van der Waals surface area contributed by atoms with Crippen molar-refractivity contribution in [2.75, 3.05) is 20.1 Å². The summed E-state index contributed by atoms with van der Waals surface area (Å²) in [6, 6.07) is 0. The predicted octanol–water partition coefficient (Wildman–Crippen LogP) is 1.35. The molecule has 0 spiro atoms. The first-order valence-corrected chi connectivity index (χ1v) is 6.00. The summed E-state index contributed by atoms with van der Waals surface area (Å²) in [5.41, 5.74) is 0. The SMILES string of the molecule is CN=C1NC(=O)SC1=CC1CCNCC1. The number of rotatable bonds is 1. The maximum absolute atomic E-state index is 11.2. The van der Waals surface area contributed by atoms with E-state index < -0.39 is 0 Å². The molecule has 2 fully saturated rings. The standard InChI is InChI=1S/C10H15N3OS/c1-11-9-8(15-10(14)13-9)6-7-2-4-12-5-3-7/h6-7,12H,2-5H2,1H3,(H,11,13,14). The Hall–Kier alpha value is -0.810. The van der Waals surface area contributed by atoms with Crippen molar-refractivity contribution < 1.29 is 4.79 Å². The van der Waals surface area contributed by atoms with Crippen molar-refractivity contribution in [2.45, 2.75) is 12.8 Å². The minimum atomic E-state index is -0.0178. The third-order valence-corrected chi connectivity index (χ3v) is 3.49. The number of amidine groups is 1. The van der Waals surface area contributed by atoms with E-state index in [2.05, 4.69) is 21.7 Å². The fraction of sp³-hybridized carbons (Fsp3) is 0.600. The van der Waals surface area contributed by atoms with Gasteiger partial charge in [-0.1, -0.05) is 6.08 Å². The summed E-state index contributed by atoms with van der Waals surface area (Å²) in [5, 5.41) is 6.04. The molecule has 2 saturated heterocycles. The molecule has 0 aromatic heterocycles. The Balaban J connectivity index is 2.07. The number of hydrogen-bond donors (Lipinski definition) is 2. The van der Waals surface area contributed by atoms with Crippen LogP contribution in [0.3, 0.4) is 0 Å². The molecule has 0 unspecified atom stereocenters. The summed E-state index contributed by atoms with van der Waals surface area (Å²) >= 11 is 1.25. The Morgan fingerprint density at radius 3 is 2.87 bits per heavy atom. The van der Waals surface area contributed by atoms with Crippen LogP contribution in [0.1, 0.15) is 12.8 Å². The van der Waals surface area contributed by atoms with Gasteiger partial charge in [0.25, 0.3) is 5.24 Å². The van der Waals surface area contributed by atoms with Gasteiger partial charge in [0.05, 0.1) is 4.91 Å². The molecule has 0 bridgehead atoms. The second-order valence-electron chi connectivity index (χ2n) is 3.71. The van der Waals surface area contributed by atoms with Gasteiger partial charge in [0.15, 0.2) is 0 Å². The van der Waals surface area contributed by atoms with Crippen LogP contribution in [0, 0.1) is 5.92 Å². The minimum Gasteiger partial charge on any atom is -0.317 e. The Bertz CT molecular complexity index is 319. The van der Waals surface area contributed by atoms with Gasteiger partial charge in [-0.05, 0) is 43.6 Å². The zero-order valence-corrected chi connectivity index (χ0v) is 9.56. The second kappa shape index (κ2) is 4.81. The van der Waals surface area contributed by atoms with E-state index in [-0.39, 0.29) is 5.24 Å². The molecule has 2 aliphatic heterocycles. The molecular formula is C10H15N3OS. The third kappa shape index (κ3) is 2.60. The molecule has 2 rings (SSSR count). The number of thioether (sulfide) groups is 1. The number of aliphatic imine (C=N–C) groups is 1. The summed E-state index contributed by atoms with van der Waals surface area (Å²) in [4.78, 5) is 16.2. The maximum atomic E-state index is 11.2. The summed E-state index contributed by atoms with van der Waals surface area (Å²) in [7, 11) is 1.71. The average Bonchev–Trinajstić information content (AvgIpc) is 2.60. The largest absolute Gasteiger partial charge is 0.317 e. The molecule has 4 nitrogen and oxygen atoms in total. The summed E-state index contributed by atoms with van der Waals surface area (Å²) < 4.78 is 0. The quantitative estimate of drug-likeness (QED) is 0.708. The van der Waals surface area contributed by atoms with Crippen LogP contribution >= 0.6 is 11.8 Å². The molecular weight excluding hydrogens is 210 g/mol. The van der Waals surface area contributed by atoms with Crippen LogP contribution in [-0.2, 0) is 0 Å². The molecule has 0 atom stereocenters. The van der Waals surface area contributed by atoms with Crippen LogP contribution < -0.4 is 10.6 Å². The first-order chi connectivity index (χ1) is 7.29. The maximum Gasteiger partial charge on any atom is 0.289 e. The van der Waals surface area contributed by atoms with Gasteiger partial charge in [0, 0.05) is 7.05 Å². The van der Waals surface area contributed by atoms with Gasteiger partial charge in [-0.15, -0.1) is 0 Å². The van der Waals surface area contributed by atoms with E-state index in [9.17, 15) is 4.79 Å². The first-order valence-electron chi connectivity index (χ1n) is 5.18. The molecule has 0 aliphatic carbocycles. The number of nitrogens with one attached hydrogen (secondary N) is 2. The lowest BCUT2D eigenvalue weighted by Crippen LogP contribution is -2.27. The minimum absolute atomic E-state index is 0.0178. The number of allylic oxidation sites excluding steroid dienone is 1. The highest BCUT2D eigenvalue weighted by molar-refractivity contribution is 8.18. The lowest BCUT2D eigenvalue weighted by atomic mass is 9.97. The number of hydrogen-bond acceptors (Lipinski definition) is 4. The fourth-order valence-electron chi connectivity index (χ4n) is 1.84. The first kappa shape index (κ1) is 10.7. The Morgan fingerprint density at radius 1 is 1.47 bits per heavy atom. The monoisotopic (exact) mass is 225 g/mol.